The molecule has 0 saturated heterocycles. The van der Waals surface area contributed by atoms with E-state index in [2.05, 4.69) is 10.5 Å². The number of nitrogens with one attached hydrogen (secondary N) is 1. The monoisotopic (exact) mass is 322 g/mol. The summed E-state index contributed by atoms with van der Waals surface area (Å²) in [6.45, 7) is 1.82. The van der Waals surface area contributed by atoms with Crippen LogP contribution >= 0.6 is 0 Å². The van der Waals surface area contributed by atoms with Crippen LogP contribution in [0.4, 0.5) is 5.82 Å². The third kappa shape index (κ3) is 3.81. The third-order valence-electron chi connectivity index (χ3n) is 3.73. The van der Waals surface area contributed by atoms with Gasteiger partial charge in [-0.25, -0.2) is 0 Å². The quantitative estimate of drug-likeness (QED) is 0.668. The molecule has 1 atom stereocenters. The first-order valence-electron chi connectivity index (χ1n) is 7.69. The number of aromatic nitrogens is 1. The SMILES string of the molecule is Cc1cc(NC(CC(=O)c2ccc(O)cc2)c2ccccc2)no1. The third-order valence-corrected chi connectivity index (χ3v) is 3.73. The van der Waals surface area contributed by atoms with Gasteiger partial charge in [-0.2, -0.15) is 0 Å². The van der Waals surface area contributed by atoms with Gasteiger partial charge in [0.1, 0.15) is 11.5 Å². The molecule has 0 fully saturated rings. The lowest BCUT2D eigenvalue weighted by atomic mass is 9.98. The number of nitrogens with zero attached hydrogens (tertiary/aromatic N) is 1. The molecule has 2 N–H and O–H groups in total. The van der Waals surface area contributed by atoms with Crippen molar-refractivity contribution in [2.75, 3.05) is 5.32 Å². The van der Waals surface area contributed by atoms with Crippen LogP contribution in [0.1, 0.15) is 34.1 Å². The number of aromatic hydroxyl groups is 1. The van der Waals surface area contributed by atoms with Crippen molar-refractivity contribution >= 4 is 11.6 Å². The molecule has 1 aromatic heterocycles. The van der Waals surface area contributed by atoms with Crippen molar-refractivity contribution in [3.63, 3.8) is 0 Å². The number of phenolic OH excluding ortho intramolecular Hbond substituents is 1. The number of ketones is 1. The highest BCUT2D eigenvalue weighted by Crippen LogP contribution is 2.24. The molecule has 3 rings (SSSR count). The number of Topliss-reactive ketones (excluding diaryl/α,β-unsaturated/α-hetero) is 1. The van der Waals surface area contributed by atoms with Gasteiger partial charge in [-0.15, -0.1) is 0 Å². The van der Waals surface area contributed by atoms with E-state index in [9.17, 15) is 9.90 Å². The summed E-state index contributed by atoms with van der Waals surface area (Å²) in [6.07, 6.45) is 0.265. The van der Waals surface area contributed by atoms with E-state index in [1.54, 1.807) is 18.2 Å². The standard InChI is InChI=1S/C19H18N2O3/c1-13-11-19(21-24-13)20-17(14-5-3-2-4-6-14)12-18(23)15-7-9-16(22)10-8-15/h2-11,17,22H,12H2,1H3,(H,20,21). The number of carbonyl (C=O) groups excluding carboxylic acids is 1. The van der Waals surface area contributed by atoms with Gasteiger partial charge in [0, 0.05) is 18.1 Å². The maximum atomic E-state index is 12.6. The molecule has 0 amide bonds. The molecular formula is C19H18N2O3. The molecule has 0 aliphatic rings. The van der Waals surface area contributed by atoms with Crippen molar-refractivity contribution in [1.29, 1.82) is 0 Å². The Balaban J connectivity index is 1.81. The fourth-order valence-corrected chi connectivity index (χ4v) is 2.50. The van der Waals surface area contributed by atoms with E-state index >= 15 is 0 Å². The van der Waals surface area contributed by atoms with Gasteiger partial charge in [-0.05, 0) is 36.8 Å². The number of anilines is 1. The van der Waals surface area contributed by atoms with Gasteiger partial charge in [0.2, 0.25) is 0 Å². The van der Waals surface area contributed by atoms with E-state index in [0.29, 0.717) is 17.1 Å². The summed E-state index contributed by atoms with van der Waals surface area (Å²) in [5.41, 5.74) is 1.55. The molecule has 0 radical (unpaired) electrons. The highest BCUT2D eigenvalue weighted by Gasteiger charge is 2.18. The fraction of sp³-hybridized carbons (Fsp3) is 0.158. The maximum Gasteiger partial charge on any atom is 0.170 e. The van der Waals surface area contributed by atoms with Gasteiger partial charge in [0.15, 0.2) is 11.6 Å². The van der Waals surface area contributed by atoms with Crippen molar-refractivity contribution in [2.45, 2.75) is 19.4 Å². The van der Waals surface area contributed by atoms with Crippen LogP contribution in [0, 0.1) is 6.92 Å². The number of phenols is 1. The zero-order chi connectivity index (χ0) is 16.9. The second-order valence-corrected chi connectivity index (χ2v) is 5.60. The highest BCUT2D eigenvalue weighted by atomic mass is 16.5. The number of carbonyl (C=O) groups is 1. The molecular weight excluding hydrogens is 304 g/mol. The Morgan fingerprint density at radius 2 is 1.88 bits per heavy atom. The fourth-order valence-electron chi connectivity index (χ4n) is 2.50. The molecule has 0 spiro atoms. The van der Waals surface area contributed by atoms with Crippen molar-refractivity contribution in [2.24, 2.45) is 0 Å². The van der Waals surface area contributed by atoms with E-state index in [4.69, 9.17) is 4.52 Å². The lowest BCUT2D eigenvalue weighted by molar-refractivity contribution is 0.0976. The van der Waals surface area contributed by atoms with Crippen LogP contribution in [0.3, 0.4) is 0 Å². The Labute approximate surface area is 139 Å². The Bertz CT molecular complexity index is 810. The molecule has 1 heterocycles. The van der Waals surface area contributed by atoms with Crippen molar-refractivity contribution in [1.82, 2.24) is 5.16 Å². The average molecular weight is 322 g/mol. The highest BCUT2D eigenvalue weighted by molar-refractivity contribution is 5.96. The minimum absolute atomic E-state index is 0.0171. The van der Waals surface area contributed by atoms with E-state index in [-0.39, 0.29) is 24.0 Å². The molecule has 0 aliphatic heterocycles. The number of benzene rings is 2. The summed E-state index contributed by atoms with van der Waals surface area (Å²) >= 11 is 0. The Morgan fingerprint density at radius 3 is 2.50 bits per heavy atom. The van der Waals surface area contributed by atoms with Crippen LogP contribution in [0.15, 0.2) is 65.2 Å². The van der Waals surface area contributed by atoms with Crippen LogP contribution in [-0.2, 0) is 0 Å². The normalized spacial score (nSPS) is 11.9. The molecule has 2 aromatic carbocycles. The largest absolute Gasteiger partial charge is 0.508 e. The summed E-state index contributed by atoms with van der Waals surface area (Å²) in [6, 6.07) is 17.6. The Kier molecular flexibility index (Phi) is 4.61. The van der Waals surface area contributed by atoms with Gasteiger partial charge in [-0.3, -0.25) is 4.79 Å². The Hall–Kier alpha value is -3.08. The van der Waals surface area contributed by atoms with Crippen LogP contribution < -0.4 is 5.32 Å². The average Bonchev–Trinajstić information content (AvgIpc) is 3.00. The first kappa shape index (κ1) is 15.8. The zero-order valence-electron chi connectivity index (χ0n) is 13.3. The van der Waals surface area contributed by atoms with Crippen LogP contribution in [-0.4, -0.2) is 16.0 Å². The summed E-state index contributed by atoms with van der Waals surface area (Å²) in [4.78, 5) is 12.6. The molecule has 122 valence electrons. The first-order chi connectivity index (χ1) is 11.6. The smallest absolute Gasteiger partial charge is 0.170 e. The van der Waals surface area contributed by atoms with Crippen molar-refractivity contribution in [3.05, 3.63) is 77.6 Å². The summed E-state index contributed by atoms with van der Waals surface area (Å²) in [7, 11) is 0. The lowest BCUT2D eigenvalue weighted by Crippen LogP contribution is -2.16. The molecule has 0 aliphatic carbocycles. The first-order valence-corrected chi connectivity index (χ1v) is 7.69. The second-order valence-electron chi connectivity index (χ2n) is 5.60. The van der Waals surface area contributed by atoms with Crippen molar-refractivity contribution in [3.8, 4) is 5.75 Å². The number of rotatable bonds is 6. The Morgan fingerprint density at radius 1 is 1.17 bits per heavy atom. The minimum Gasteiger partial charge on any atom is -0.508 e. The van der Waals surface area contributed by atoms with Crippen LogP contribution in [0.2, 0.25) is 0 Å². The summed E-state index contributed by atoms with van der Waals surface area (Å²) in [5, 5.41) is 16.5. The molecule has 0 saturated carbocycles. The second kappa shape index (κ2) is 7.00. The van der Waals surface area contributed by atoms with Gasteiger partial charge in [0.25, 0.3) is 0 Å². The predicted octanol–water partition coefficient (Wildman–Crippen LogP) is 4.11. The van der Waals surface area contributed by atoms with Gasteiger partial charge in [0.05, 0.1) is 6.04 Å². The number of hydrogen-bond donors (Lipinski definition) is 2. The molecule has 3 aromatic rings. The van der Waals surface area contributed by atoms with Crippen LogP contribution in [0.5, 0.6) is 5.75 Å². The molecule has 0 bridgehead atoms. The predicted molar refractivity (Wildman–Crippen MR) is 91.1 cm³/mol. The van der Waals surface area contributed by atoms with Gasteiger partial charge in [-0.1, -0.05) is 35.5 Å². The summed E-state index contributed by atoms with van der Waals surface area (Å²) < 4.78 is 5.08. The lowest BCUT2D eigenvalue weighted by Gasteiger charge is -2.18. The van der Waals surface area contributed by atoms with E-state index in [1.165, 1.54) is 12.1 Å². The van der Waals surface area contributed by atoms with Gasteiger partial charge < -0.3 is 14.9 Å². The molecule has 1 unspecified atom stereocenters. The van der Waals surface area contributed by atoms with E-state index in [0.717, 1.165) is 5.56 Å². The maximum absolute atomic E-state index is 12.6. The van der Waals surface area contributed by atoms with Gasteiger partial charge >= 0.3 is 0 Å². The zero-order valence-corrected chi connectivity index (χ0v) is 13.3. The number of hydrogen-bond acceptors (Lipinski definition) is 5. The minimum atomic E-state index is -0.225. The summed E-state index contributed by atoms with van der Waals surface area (Å²) in [5.74, 6) is 1.42. The molecule has 24 heavy (non-hydrogen) atoms. The van der Waals surface area contributed by atoms with Crippen LogP contribution in [0.25, 0.3) is 0 Å². The topological polar surface area (TPSA) is 75.4 Å². The van der Waals surface area contributed by atoms with E-state index < -0.39 is 0 Å². The molecule has 5 heteroatoms. The van der Waals surface area contributed by atoms with E-state index in [1.807, 2.05) is 37.3 Å². The van der Waals surface area contributed by atoms with Crippen molar-refractivity contribution < 1.29 is 14.4 Å². The molecule has 5 nitrogen and oxygen atoms in total. The number of aryl methyl sites for hydroxylation is 1.